The third kappa shape index (κ3) is 5.25. The van der Waals surface area contributed by atoms with E-state index in [4.69, 9.17) is 5.73 Å². The first-order valence-electron chi connectivity index (χ1n) is 7.14. The summed E-state index contributed by atoms with van der Waals surface area (Å²) in [6.07, 6.45) is 2.17. The van der Waals surface area contributed by atoms with E-state index in [2.05, 4.69) is 5.32 Å². The zero-order valence-corrected chi connectivity index (χ0v) is 12.5. The number of nitrogens with two attached hydrogens (primary N) is 1. The lowest BCUT2D eigenvalue weighted by Crippen LogP contribution is -2.49. The molecule has 1 aromatic carbocycles. The van der Waals surface area contributed by atoms with Crippen LogP contribution in [-0.4, -0.2) is 39.3 Å². The predicted octanol–water partition coefficient (Wildman–Crippen LogP) is 0.727. The van der Waals surface area contributed by atoms with Crippen LogP contribution in [0.15, 0.2) is 18.2 Å². The fourth-order valence-electron chi connectivity index (χ4n) is 1.97. The molecular weight excluding hydrogens is 288 g/mol. The molecular formula is C15H22N2O5. The Morgan fingerprint density at radius 3 is 2.50 bits per heavy atom. The average molecular weight is 310 g/mol. The molecule has 0 spiro atoms. The van der Waals surface area contributed by atoms with Crippen LogP contribution in [0.4, 0.5) is 0 Å². The molecule has 122 valence electrons. The van der Waals surface area contributed by atoms with Crippen LogP contribution in [0.3, 0.4) is 0 Å². The van der Waals surface area contributed by atoms with Gasteiger partial charge in [0.2, 0.25) is 5.91 Å². The summed E-state index contributed by atoms with van der Waals surface area (Å²) in [5.74, 6) is -2.33. The smallest absolute Gasteiger partial charge is 0.326 e. The summed E-state index contributed by atoms with van der Waals surface area (Å²) in [4.78, 5) is 23.1. The van der Waals surface area contributed by atoms with Crippen molar-refractivity contribution in [3.8, 4) is 11.5 Å². The van der Waals surface area contributed by atoms with E-state index in [1.807, 2.05) is 6.92 Å². The molecule has 0 bridgehead atoms. The molecule has 1 rings (SSSR count). The number of benzene rings is 1. The number of carbonyl (C=O) groups is 2. The molecule has 0 saturated heterocycles. The minimum absolute atomic E-state index is 0.0184. The van der Waals surface area contributed by atoms with Gasteiger partial charge >= 0.3 is 5.97 Å². The van der Waals surface area contributed by atoms with Gasteiger partial charge in [0, 0.05) is 6.42 Å². The summed E-state index contributed by atoms with van der Waals surface area (Å²) >= 11 is 0. The van der Waals surface area contributed by atoms with Crippen molar-refractivity contribution >= 4 is 11.9 Å². The Hall–Kier alpha value is -2.28. The van der Waals surface area contributed by atoms with Crippen LogP contribution < -0.4 is 11.1 Å². The molecule has 6 N–H and O–H groups in total. The summed E-state index contributed by atoms with van der Waals surface area (Å²) in [5, 5.41) is 30.2. The Labute approximate surface area is 128 Å². The van der Waals surface area contributed by atoms with Gasteiger partial charge in [-0.1, -0.05) is 25.8 Å². The van der Waals surface area contributed by atoms with Gasteiger partial charge in [0.1, 0.15) is 6.04 Å². The number of aromatic hydroxyl groups is 2. The van der Waals surface area contributed by atoms with Crippen molar-refractivity contribution in [2.45, 2.75) is 44.7 Å². The molecule has 7 nitrogen and oxygen atoms in total. The highest BCUT2D eigenvalue weighted by atomic mass is 16.4. The second-order valence-corrected chi connectivity index (χ2v) is 5.18. The van der Waals surface area contributed by atoms with E-state index in [-0.39, 0.29) is 17.9 Å². The lowest BCUT2D eigenvalue weighted by molar-refractivity contribution is -0.142. The normalized spacial score (nSPS) is 13.4. The number of hydrogen-bond acceptors (Lipinski definition) is 5. The minimum Gasteiger partial charge on any atom is -0.504 e. The van der Waals surface area contributed by atoms with Gasteiger partial charge in [0.05, 0.1) is 6.04 Å². The zero-order valence-electron chi connectivity index (χ0n) is 12.5. The van der Waals surface area contributed by atoms with Gasteiger partial charge in [0.15, 0.2) is 11.5 Å². The number of nitrogens with one attached hydrogen (secondary N) is 1. The molecule has 0 radical (unpaired) electrons. The summed E-state index contributed by atoms with van der Waals surface area (Å²) in [6, 6.07) is 2.11. The monoisotopic (exact) mass is 310 g/mol. The second-order valence-electron chi connectivity index (χ2n) is 5.18. The average Bonchev–Trinajstić information content (AvgIpc) is 2.47. The van der Waals surface area contributed by atoms with Gasteiger partial charge in [0.25, 0.3) is 0 Å². The lowest BCUT2D eigenvalue weighted by atomic mass is 10.0. The molecule has 0 fully saturated rings. The van der Waals surface area contributed by atoms with Crippen molar-refractivity contribution in [1.82, 2.24) is 5.32 Å². The zero-order chi connectivity index (χ0) is 16.7. The highest BCUT2D eigenvalue weighted by Crippen LogP contribution is 2.25. The van der Waals surface area contributed by atoms with Gasteiger partial charge in [-0.25, -0.2) is 4.79 Å². The van der Waals surface area contributed by atoms with Gasteiger partial charge in [-0.3, -0.25) is 4.79 Å². The van der Waals surface area contributed by atoms with E-state index in [1.54, 1.807) is 0 Å². The number of phenols is 2. The minimum atomic E-state index is -1.19. The molecule has 0 heterocycles. The van der Waals surface area contributed by atoms with Crippen LogP contribution in [0.2, 0.25) is 0 Å². The first-order valence-corrected chi connectivity index (χ1v) is 7.14. The van der Waals surface area contributed by atoms with Crippen LogP contribution in [-0.2, 0) is 16.0 Å². The standard InChI is InChI=1S/C15H22N2O5/c1-2-3-4-10(16)14(20)17-11(15(21)22)7-9-5-6-12(18)13(19)8-9/h5-6,8,10-11,18-19H,2-4,7,16H2,1H3,(H,17,20)(H,21,22)/t10-,11-/m0/s1. The maximum absolute atomic E-state index is 11.9. The van der Waals surface area contributed by atoms with E-state index in [9.17, 15) is 24.9 Å². The number of rotatable bonds is 8. The Bertz CT molecular complexity index is 533. The molecule has 0 unspecified atom stereocenters. The number of phenolic OH excluding ortho intramolecular Hbond substituents is 2. The van der Waals surface area contributed by atoms with E-state index in [0.717, 1.165) is 12.8 Å². The van der Waals surface area contributed by atoms with E-state index in [0.29, 0.717) is 12.0 Å². The van der Waals surface area contributed by atoms with Crippen molar-refractivity contribution in [3.05, 3.63) is 23.8 Å². The summed E-state index contributed by atoms with van der Waals surface area (Å²) in [6.45, 7) is 1.97. The largest absolute Gasteiger partial charge is 0.504 e. The Balaban J connectivity index is 2.71. The van der Waals surface area contributed by atoms with E-state index >= 15 is 0 Å². The Morgan fingerprint density at radius 1 is 1.27 bits per heavy atom. The predicted molar refractivity (Wildman–Crippen MR) is 80.5 cm³/mol. The van der Waals surface area contributed by atoms with Crippen LogP contribution in [0.1, 0.15) is 31.7 Å². The molecule has 0 aliphatic rings. The number of aliphatic carboxylic acids is 1. The number of amides is 1. The summed E-state index contributed by atoms with van der Waals surface area (Å²) in [7, 11) is 0. The van der Waals surface area contributed by atoms with Crippen LogP contribution >= 0.6 is 0 Å². The van der Waals surface area contributed by atoms with Crippen molar-refractivity contribution in [1.29, 1.82) is 0 Å². The van der Waals surface area contributed by atoms with Gasteiger partial charge < -0.3 is 26.4 Å². The fourth-order valence-corrected chi connectivity index (χ4v) is 1.97. The molecule has 2 atom stereocenters. The SMILES string of the molecule is CCCC[C@H](N)C(=O)N[C@@H](Cc1ccc(O)c(O)c1)C(=O)O. The highest BCUT2D eigenvalue weighted by Gasteiger charge is 2.23. The molecule has 1 amide bonds. The Morgan fingerprint density at radius 2 is 1.95 bits per heavy atom. The molecule has 22 heavy (non-hydrogen) atoms. The molecule has 0 aliphatic carbocycles. The molecule has 0 saturated carbocycles. The summed E-state index contributed by atoms with van der Waals surface area (Å²) in [5.41, 5.74) is 6.19. The lowest BCUT2D eigenvalue weighted by Gasteiger charge is -2.18. The van der Waals surface area contributed by atoms with Crippen LogP contribution in [0.5, 0.6) is 11.5 Å². The van der Waals surface area contributed by atoms with E-state index < -0.39 is 24.0 Å². The number of carboxylic acid groups (broad SMARTS) is 1. The molecule has 0 aliphatic heterocycles. The highest BCUT2D eigenvalue weighted by molar-refractivity contribution is 5.86. The number of hydrogen-bond donors (Lipinski definition) is 5. The number of unbranched alkanes of at least 4 members (excludes halogenated alkanes) is 1. The quantitative estimate of drug-likeness (QED) is 0.449. The second kappa shape index (κ2) is 8.23. The maximum Gasteiger partial charge on any atom is 0.326 e. The Kier molecular flexibility index (Phi) is 6.65. The first-order chi connectivity index (χ1) is 10.3. The maximum atomic E-state index is 11.9. The number of carboxylic acids is 1. The van der Waals surface area contributed by atoms with Crippen LogP contribution in [0, 0.1) is 0 Å². The topological polar surface area (TPSA) is 133 Å². The van der Waals surface area contributed by atoms with Gasteiger partial charge in [-0.15, -0.1) is 0 Å². The van der Waals surface area contributed by atoms with Gasteiger partial charge in [-0.2, -0.15) is 0 Å². The van der Waals surface area contributed by atoms with Crippen molar-refractivity contribution in [3.63, 3.8) is 0 Å². The molecule has 0 aromatic heterocycles. The van der Waals surface area contributed by atoms with Crippen molar-refractivity contribution in [2.24, 2.45) is 5.73 Å². The third-order valence-electron chi connectivity index (χ3n) is 3.30. The third-order valence-corrected chi connectivity index (χ3v) is 3.30. The van der Waals surface area contributed by atoms with E-state index in [1.165, 1.54) is 18.2 Å². The molecule has 1 aromatic rings. The van der Waals surface area contributed by atoms with Crippen LogP contribution in [0.25, 0.3) is 0 Å². The molecule has 7 heteroatoms. The fraction of sp³-hybridized carbons (Fsp3) is 0.467. The van der Waals surface area contributed by atoms with Gasteiger partial charge in [-0.05, 0) is 24.1 Å². The number of carbonyl (C=O) groups excluding carboxylic acids is 1. The summed E-state index contributed by atoms with van der Waals surface area (Å²) < 4.78 is 0. The van der Waals surface area contributed by atoms with Crippen molar-refractivity contribution < 1.29 is 24.9 Å². The first kappa shape index (κ1) is 17.8. The van der Waals surface area contributed by atoms with Crippen molar-refractivity contribution in [2.75, 3.05) is 0 Å².